The Morgan fingerprint density at radius 2 is 2.24 bits per heavy atom. The average Bonchev–Trinajstić information content (AvgIpc) is 2.53. The van der Waals surface area contributed by atoms with E-state index in [-0.39, 0.29) is 12.5 Å². The van der Waals surface area contributed by atoms with E-state index in [0.717, 1.165) is 11.3 Å². The predicted octanol–water partition coefficient (Wildman–Crippen LogP) is 2.07. The standard InChI is InChI=1S/C13H14N2O2/c1-2-17-13(16)10-15-12-8-4-3-6-11(12)7-5-9-14-15/h3-9H,2,10H2,1H3. The highest BCUT2D eigenvalue weighted by Crippen LogP contribution is 2.23. The molecule has 88 valence electrons. The predicted molar refractivity (Wildman–Crippen MR) is 67.9 cm³/mol. The van der Waals surface area contributed by atoms with Crippen molar-refractivity contribution in [1.29, 1.82) is 0 Å². The van der Waals surface area contributed by atoms with Crippen LogP contribution in [0.1, 0.15) is 12.5 Å². The normalized spacial score (nSPS) is 13.1. The molecular weight excluding hydrogens is 216 g/mol. The number of allylic oxidation sites excluding steroid dienone is 1. The first-order valence-electron chi connectivity index (χ1n) is 5.54. The van der Waals surface area contributed by atoms with Crippen molar-refractivity contribution in [3.8, 4) is 0 Å². The maximum absolute atomic E-state index is 11.5. The van der Waals surface area contributed by atoms with Crippen LogP contribution in [0.25, 0.3) is 6.08 Å². The van der Waals surface area contributed by atoms with Crippen molar-refractivity contribution in [3.05, 3.63) is 35.9 Å². The van der Waals surface area contributed by atoms with Crippen molar-refractivity contribution in [2.24, 2.45) is 5.10 Å². The monoisotopic (exact) mass is 230 g/mol. The van der Waals surface area contributed by atoms with Gasteiger partial charge >= 0.3 is 5.97 Å². The summed E-state index contributed by atoms with van der Waals surface area (Å²) in [6.45, 7) is 2.30. The van der Waals surface area contributed by atoms with Gasteiger partial charge < -0.3 is 4.74 Å². The Balaban J connectivity index is 2.22. The lowest BCUT2D eigenvalue weighted by atomic mass is 10.1. The Hall–Kier alpha value is -2.10. The molecule has 1 aliphatic heterocycles. The molecule has 4 heteroatoms. The number of hydrazone groups is 1. The first-order chi connectivity index (χ1) is 8.31. The Labute approximate surface area is 100 Å². The smallest absolute Gasteiger partial charge is 0.327 e. The van der Waals surface area contributed by atoms with Gasteiger partial charge in [0.05, 0.1) is 12.3 Å². The number of ether oxygens (including phenoxy) is 1. The van der Waals surface area contributed by atoms with Crippen LogP contribution in [0.5, 0.6) is 0 Å². The van der Waals surface area contributed by atoms with Crippen LogP contribution < -0.4 is 5.01 Å². The summed E-state index contributed by atoms with van der Waals surface area (Å²) < 4.78 is 4.93. The first kappa shape index (κ1) is 11.4. The van der Waals surface area contributed by atoms with Gasteiger partial charge in [-0.3, -0.25) is 9.80 Å². The van der Waals surface area contributed by atoms with Gasteiger partial charge in [0.2, 0.25) is 0 Å². The van der Waals surface area contributed by atoms with E-state index in [2.05, 4.69) is 5.10 Å². The zero-order valence-electron chi connectivity index (χ0n) is 9.67. The number of hydrogen-bond acceptors (Lipinski definition) is 4. The van der Waals surface area contributed by atoms with Gasteiger partial charge in [-0.05, 0) is 24.6 Å². The van der Waals surface area contributed by atoms with Gasteiger partial charge in [0.15, 0.2) is 0 Å². The molecule has 0 spiro atoms. The summed E-state index contributed by atoms with van der Waals surface area (Å²) in [5.74, 6) is -0.277. The second-order valence-electron chi connectivity index (χ2n) is 3.55. The molecule has 0 N–H and O–H groups in total. The molecule has 0 bridgehead atoms. The summed E-state index contributed by atoms with van der Waals surface area (Å²) in [4.78, 5) is 11.5. The molecule has 0 atom stereocenters. The summed E-state index contributed by atoms with van der Waals surface area (Å²) in [5, 5.41) is 5.85. The third-order valence-corrected chi connectivity index (χ3v) is 2.37. The number of carbonyl (C=O) groups excluding carboxylic acids is 1. The van der Waals surface area contributed by atoms with E-state index in [4.69, 9.17) is 4.74 Å². The number of anilines is 1. The van der Waals surface area contributed by atoms with E-state index >= 15 is 0 Å². The van der Waals surface area contributed by atoms with Crippen LogP contribution in [0.4, 0.5) is 5.69 Å². The van der Waals surface area contributed by atoms with Crippen LogP contribution in [-0.4, -0.2) is 25.3 Å². The van der Waals surface area contributed by atoms with Crippen molar-refractivity contribution in [1.82, 2.24) is 0 Å². The lowest BCUT2D eigenvalue weighted by Gasteiger charge is -2.18. The van der Waals surface area contributed by atoms with Crippen LogP contribution in [0.2, 0.25) is 0 Å². The van der Waals surface area contributed by atoms with Crippen LogP contribution in [0, 0.1) is 0 Å². The second-order valence-corrected chi connectivity index (χ2v) is 3.55. The van der Waals surface area contributed by atoms with Crippen molar-refractivity contribution >= 4 is 23.9 Å². The minimum absolute atomic E-state index is 0.128. The van der Waals surface area contributed by atoms with Crippen LogP contribution in [0.15, 0.2) is 35.4 Å². The highest BCUT2D eigenvalue weighted by atomic mass is 16.5. The zero-order valence-corrected chi connectivity index (χ0v) is 9.67. The molecule has 1 heterocycles. The van der Waals surface area contributed by atoms with E-state index in [0.29, 0.717) is 6.61 Å². The molecule has 0 radical (unpaired) electrons. The first-order valence-corrected chi connectivity index (χ1v) is 5.54. The van der Waals surface area contributed by atoms with Gasteiger partial charge in [-0.15, -0.1) is 0 Å². The van der Waals surface area contributed by atoms with E-state index in [1.165, 1.54) is 0 Å². The number of carbonyl (C=O) groups is 1. The van der Waals surface area contributed by atoms with E-state index in [1.807, 2.05) is 36.4 Å². The van der Waals surface area contributed by atoms with E-state index in [1.54, 1.807) is 18.1 Å². The van der Waals surface area contributed by atoms with Crippen molar-refractivity contribution in [2.75, 3.05) is 18.2 Å². The summed E-state index contributed by atoms with van der Waals surface area (Å²) in [6.07, 6.45) is 5.48. The number of nitrogens with zero attached hydrogens (tertiary/aromatic N) is 2. The highest BCUT2D eigenvalue weighted by molar-refractivity contribution is 5.86. The maximum Gasteiger partial charge on any atom is 0.327 e. The molecule has 0 saturated heterocycles. The maximum atomic E-state index is 11.5. The van der Waals surface area contributed by atoms with Gasteiger partial charge in [-0.2, -0.15) is 5.10 Å². The van der Waals surface area contributed by atoms with Crippen molar-refractivity contribution in [3.63, 3.8) is 0 Å². The lowest BCUT2D eigenvalue weighted by Crippen LogP contribution is -2.26. The molecule has 0 aliphatic carbocycles. The molecule has 17 heavy (non-hydrogen) atoms. The largest absolute Gasteiger partial charge is 0.465 e. The Morgan fingerprint density at radius 1 is 1.41 bits per heavy atom. The number of hydrogen-bond donors (Lipinski definition) is 0. The summed E-state index contributed by atoms with van der Waals surface area (Å²) in [5.41, 5.74) is 1.94. The number of rotatable bonds is 3. The molecule has 0 fully saturated rings. The third kappa shape index (κ3) is 2.72. The third-order valence-electron chi connectivity index (χ3n) is 2.37. The molecule has 0 saturated carbocycles. The fraction of sp³-hybridized carbons (Fsp3) is 0.231. The van der Waals surface area contributed by atoms with E-state index < -0.39 is 0 Å². The summed E-state index contributed by atoms with van der Waals surface area (Å²) >= 11 is 0. The molecule has 4 nitrogen and oxygen atoms in total. The molecule has 1 aliphatic rings. The minimum atomic E-state index is -0.277. The van der Waals surface area contributed by atoms with Gasteiger partial charge in [0.1, 0.15) is 6.54 Å². The molecule has 0 amide bonds. The minimum Gasteiger partial charge on any atom is -0.465 e. The van der Waals surface area contributed by atoms with E-state index in [9.17, 15) is 4.79 Å². The van der Waals surface area contributed by atoms with Gasteiger partial charge in [0, 0.05) is 6.21 Å². The number of benzene rings is 1. The molecule has 1 aromatic carbocycles. The molecular formula is C13H14N2O2. The van der Waals surface area contributed by atoms with Gasteiger partial charge in [0.25, 0.3) is 0 Å². The number of para-hydroxylation sites is 1. The van der Waals surface area contributed by atoms with Gasteiger partial charge in [-0.25, -0.2) is 0 Å². The van der Waals surface area contributed by atoms with Crippen LogP contribution >= 0.6 is 0 Å². The van der Waals surface area contributed by atoms with Crippen LogP contribution in [0.3, 0.4) is 0 Å². The van der Waals surface area contributed by atoms with Crippen molar-refractivity contribution < 1.29 is 9.53 Å². The Morgan fingerprint density at radius 3 is 3.06 bits per heavy atom. The molecule has 0 unspecified atom stereocenters. The fourth-order valence-corrected chi connectivity index (χ4v) is 1.65. The molecule has 2 rings (SSSR count). The molecule has 0 aromatic heterocycles. The Bertz CT molecular complexity index is 466. The highest BCUT2D eigenvalue weighted by Gasteiger charge is 2.14. The SMILES string of the molecule is CCOC(=O)CN1N=CC=Cc2ccccc21. The van der Waals surface area contributed by atoms with Crippen LogP contribution in [-0.2, 0) is 9.53 Å². The number of esters is 1. The Kier molecular flexibility index (Phi) is 3.55. The second kappa shape index (κ2) is 5.30. The summed E-state index contributed by atoms with van der Waals surface area (Å²) in [6, 6.07) is 7.79. The lowest BCUT2D eigenvalue weighted by molar-refractivity contribution is -0.141. The number of fused-ring (bicyclic) bond motifs is 1. The topological polar surface area (TPSA) is 41.9 Å². The van der Waals surface area contributed by atoms with Crippen molar-refractivity contribution in [2.45, 2.75) is 6.92 Å². The van der Waals surface area contributed by atoms with Gasteiger partial charge in [-0.1, -0.05) is 24.3 Å². The zero-order chi connectivity index (χ0) is 12.1. The summed E-state index contributed by atoms with van der Waals surface area (Å²) in [7, 11) is 0. The molecule has 1 aromatic rings. The quantitative estimate of drug-likeness (QED) is 0.746. The average molecular weight is 230 g/mol. The fourth-order valence-electron chi connectivity index (χ4n) is 1.65.